The largest absolute Gasteiger partial charge is 0.484 e. The van der Waals surface area contributed by atoms with Crippen LogP contribution in [0, 0.1) is 0 Å². The number of para-hydroxylation sites is 2. The number of rotatable bonds is 7. The van der Waals surface area contributed by atoms with E-state index >= 15 is 0 Å². The van der Waals surface area contributed by atoms with Crippen molar-refractivity contribution in [1.82, 2.24) is 14.5 Å². The van der Waals surface area contributed by atoms with Crippen LogP contribution in [0.3, 0.4) is 0 Å². The van der Waals surface area contributed by atoms with Crippen molar-refractivity contribution in [3.05, 3.63) is 70.8 Å². The van der Waals surface area contributed by atoms with Gasteiger partial charge < -0.3 is 9.64 Å². The quantitative estimate of drug-likeness (QED) is 0.632. The molecule has 1 heterocycles. The summed E-state index contributed by atoms with van der Waals surface area (Å²) < 4.78 is 7.17. The minimum absolute atomic E-state index is 0.0596. The Labute approximate surface area is 164 Å². The second-order valence-electron chi connectivity index (χ2n) is 6.56. The predicted molar refractivity (Wildman–Crippen MR) is 109 cm³/mol. The molecule has 3 aromatic rings. The van der Waals surface area contributed by atoms with Crippen molar-refractivity contribution < 1.29 is 9.53 Å². The van der Waals surface area contributed by atoms with Gasteiger partial charge in [0.1, 0.15) is 11.6 Å². The fourth-order valence-electron chi connectivity index (χ4n) is 3.39. The highest BCUT2D eigenvalue weighted by molar-refractivity contribution is 5.79. The molecule has 0 fully saturated rings. The number of fused-ring (bicyclic) bond motifs is 1. The van der Waals surface area contributed by atoms with Crippen LogP contribution in [0.2, 0.25) is 0 Å². The van der Waals surface area contributed by atoms with Crippen molar-refractivity contribution in [3.63, 3.8) is 0 Å². The number of aromatic nitrogens is 2. The molecule has 0 saturated carbocycles. The van der Waals surface area contributed by atoms with Crippen LogP contribution in [0.5, 0.6) is 5.75 Å². The molecule has 6 nitrogen and oxygen atoms in total. The molecule has 1 aromatic heterocycles. The van der Waals surface area contributed by atoms with Crippen molar-refractivity contribution >= 4 is 16.8 Å². The van der Waals surface area contributed by atoms with Crippen molar-refractivity contribution in [2.45, 2.75) is 26.3 Å². The monoisotopic (exact) mass is 379 g/mol. The molecule has 3 rings (SSSR count). The van der Waals surface area contributed by atoms with E-state index in [0.717, 1.165) is 0 Å². The highest BCUT2D eigenvalue weighted by Crippen LogP contribution is 2.23. The van der Waals surface area contributed by atoms with Crippen LogP contribution in [-0.4, -0.2) is 33.5 Å². The minimum atomic E-state index is -0.306. The van der Waals surface area contributed by atoms with Crippen molar-refractivity contribution in [2.24, 2.45) is 7.05 Å². The van der Waals surface area contributed by atoms with Crippen LogP contribution in [0.4, 0.5) is 0 Å². The molecule has 6 heteroatoms. The first-order chi connectivity index (χ1) is 13.6. The number of hydrogen-bond acceptors (Lipinski definition) is 4. The molecule has 28 heavy (non-hydrogen) atoms. The maximum atomic E-state index is 12.9. The van der Waals surface area contributed by atoms with Crippen LogP contribution in [0.15, 0.2) is 59.4 Å². The van der Waals surface area contributed by atoms with Gasteiger partial charge in [-0.2, -0.15) is 0 Å². The van der Waals surface area contributed by atoms with E-state index in [9.17, 15) is 9.59 Å². The van der Waals surface area contributed by atoms with E-state index in [4.69, 9.17) is 9.72 Å². The van der Waals surface area contributed by atoms with Gasteiger partial charge in [0.05, 0.1) is 16.9 Å². The van der Waals surface area contributed by atoms with Crippen LogP contribution >= 0.6 is 0 Å². The second kappa shape index (κ2) is 8.69. The zero-order chi connectivity index (χ0) is 20.1. The molecule has 0 aliphatic heterocycles. The number of hydrogen-bond donors (Lipinski definition) is 0. The van der Waals surface area contributed by atoms with Crippen molar-refractivity contribution in [1.29, 1.82) is 0 Å². The van der Waals surface area contributed by atoms with Crippen LogP contribution in [-0.2, 0) is 11.8 Å². The third-order valence-corrected chi connectivity index (χ3v) is 4.85. The summed E-state index contributed by atoms with van der Waals surface area (Å²) >= 11 is 0. The van der Waals surface area contributed by atoms with Gasteiger partial charge in [-0.15, -0.1) is 0 Å². The Bertz CT molecular complexity index is 1010. The molecule has 0 saturated heterocycles. The van der Waals surface area contributed by atoms with E-state index in [1.54, 1.807) is 22.6 Å². The molecule has 0 spiro atoms. The molecule has 1 unspecified atom stereocenters. The summed E-state index contributed by atoms with van der Waals surface area (Å²) in [6, 6.07) is 16.2. The number of ether oxygens (including phenoxy) is 1. The first-order valence-electron chi connectivity index (χ1n) is 9.49. The third-order valence-electron chi connectivity index (χ3n) is 4.85. The standard InChI is InChI=1S/C22H25N3O3/c1-4-19(21-23-18-14-10-9-13-17(18)22(27)24(21)3)25(5-2)20(26)15-28-16-11-7-6-8-12-16/h6-14,19H,4-5,15H2,1-3H3. The zero-order valence-corrected chi connectivity index (χ0v) is 16.5. The summed E-state index contributed by atoms with van der Waals surface area (Å²) in [5.41, 5.74) is 0.533. The normalized spacial score (nSPS) is 12.0. The van der Waals surface area contributed by atoms with E-state index in [1.807, 2.05) is 62.4 Å². The van der Waals surface area contributed by atoms with E-state index < -0.39 is 0 Å². The second-order valence-corrected chi connectivity index (χ2v) is 6.56. The van der Waals surface area contributed by atoms with E-state index in [1.165, 1.54) is 0 Å². The molecular weight excluding hydrogens is 354 g/mol. The number of nitrogens with zero attached hydrogens (tertiary/aromatic N) is 3. The SMILES string of the molecule is CCC(c1nc2ccccc2c(=O)n1C)N(CC)C(=O)COc1ccccc1. The topological polar surface area (TPSA) is 64.4 Å². The molecule has 0 radical (unpaired) electrons. The first-order valence-corrected chi connectivity index (χ1v) is 9.49. The highest BCUT2D eigenvalue weighted by Gasteiger charge is 2.26. The van der Waals surface area contributed by atoms with Crippen molar-refractivity contribution in [2.75, 3.05) is 13.2 Å². The highest BCUT2D eigenvalue weighted by atomic mass is 16.5. The minimum Gasteiger partial charge on any atom is -0.484 e. The molecule has 0 aliphatic rings. The van der Waals surface area contributed by atoms with Gasteiger partial charge in [0.2, 0.25) is 0 Å². The van der Waals surface area contributed by atoms with Gasteiger partial charge in [0.25, 0.3) is 11.5 Å². The number of likely N-dealkylation sites (N-methyl/N-ethyl adjacent to an activating group) is 1. The maximum Gasteiger partial charge on any atom is 0.261 e. The number of carbonyl (C=O) groups excluding carboxylic acids is 1. The molecule has 2 aromatic carbocycles. The molecule has 0 N–H and O–H groups in total. The Hall–Kier alpha value is -3.15. The molecule has 1 atom stereocenters. The molecule has 0 aliphatic carbocycles. The Balaban J connectivity index is 1.90. The van der Waals surface area contributed by atoms with Gasteiger partial charge in [-0.3, -0.25) is 14.2 Å². The average Bonchev–Trinajstić information content (AvgIpc) is 2.74. The van der Waals surface area contributed by atoms with Gasteiger partial charge >= 0.3 is 0 Å². The average molecular weight is 379 g/mol. The molecule has 146 valence electrons. The van der Waals surface area contributed by atoms with E-state index in [0.29, 0.717) is 35.4 Å². The zero-order valence-electron chi connectivity index (χ0n) is 16.5. The van der Waals surface area contributed by atoms with Gasteiger partial charge in [0, 0.05) is 13.6 Å². The molecule has 1 amide bonds. The van der Waals surface area contributed by atoms with Crippen LogP contribution in [0.25, 0.3) is 10.9 Å². The Morgan fingerprint density at radius 3 is 2.46 bits per heavy atom. The maximum absolute atomic E-state index is 12.9. The fraction of sp³-hybridized carbons (Fsp3) is 0.318. The summed E-state index contributed by atoms with van der Waals surface area (Å²) in [6.07, 6.45) is 0.642. The first kappa shape index (κ1) is 19.6. The van der Waals surface area contributed by atoms with Crippen LogP contribution in [0.1, 0.15) is 32.1 Å². The van der Waals surface area contributed by atoms with Gasteiger partial charge in [0.15, 0.2) is 6.61 Å². The van der Waals surface area contributed by atoms with Gasteiger partial charge in [-0.1, -0.05) is 37.3 Å². The number of amides is 1. The van der Waals surface area contributed by atoms with Gasteiger partial charge in [-0.25, -0.2) is 4.98 Å². The summed E-state index contributed by atoms with van der Waals surface area (Å²) in [5, 5.41) is 0.574. The lowest BCUT2D eigenvalue weighted by Crippen LogP contribution is -2.40. The van der Waals surface area contributed by atoms with Crippen LogP contribution < -0.4 is 10.3 Å². The lowest BCUT2D eigenvalue weighted by atomic mass is 10.1. The molecular formula is C22H25N3O3. The van der Waals surface area contributed by atoms with Gasteiger partial charge in [-0.05, 0) is 37.6 Å². The summed E-state index contributed by atoms with van der Waals surface area (Å²) in [5.74, 6) is 1.10. The molecule has 0 bridgehead atoms. The van der Waals surface area contributed by atoms with E-state index in [2.05, 4.69) is 0 Å². The Morgan fingerprint density at radius 2 is 1.79 bits per heavy atom. The predicted octanol–water partition coefficient (Wildman–Crippen LogP) is 3.31. The van der Waals surface area contributed by atoms with Crippen molar-refractivity contribution in [3.8, 4) is 5.75 Å². The number of carbonyl (C=O) groups is 1. The lowest BCUT2D eigenvalue weighted by Gasteiger charge is -2.30. The fourth-order valence-corrected chi connectivity index (χ4v) is 3.39. The number of benzene rings is 2. The Morgan fingerprint density at radius 1 is 1.11 bits per heavy atom. The summed E-state index contributed by atoms with van der Waals surface area (Å²) in [4.78, 5) is 32.0. The van der Waals surface area contributed by atoms with E-state index in [-0.39, 0.29) is 24.1 Å². The lowest BCUT2D eigenvalue weighted by molar-refractivity contribution is -0.136. The summed E-state index contributed by atoms with van der Waals surface area (Å²) in [7, 11) is 1.71. The third kappa shape index (κ3) is 3.91. The summed E-state index contributed by atoms with van der Waals surface area (Å²) in [6.45, 7) is 4.34. The Kier molecular flexibility index (Phi) is 6.09. The smallest absolute Gasteiger partial charge is 0.261 e.